The Morgan fingerprint density at radius 3 is 2.32 bits per heavy atom. The van der Waals surface area contributed by atoms with Crippen molar-refractivity contribution in [2.45, 2.75) is 12.8 Å². The van der Waals surface area contributed by atoms with E-state index in [4.69, 9.17) is 16.3 Å². The summed E-state index contributed by atoms with van der Waals surface area (Å²) in [5.41, 5.74) is 1.86. The van der Waals surface area contributed by atoms with Crippen molar-refractivity contribution in [2.24, 2.45) is 0 Å². The third kappa shape index (κ3) is 4.06. The van der Waals surface area contributed by atoms with Gasteiger partial charge in [-0.1, -0.05) is 54.1 Å². The molecule has 0 unspecified atom stereocenters. The summed E-state index contributed by atoms with van der Waals surface area (Å²) in [5, 5.41) is 0.561. The molecule has 0 saturated heterocycles. The Morgan fingerprint density at radius 2 is 1.68 bits per heavy atom. The van der Waals surface area contributed by atoms with Gasteiger partial charge in [0.1, 0.15) is 11.6 Å². The maximum atomic E-state index is 14.5. The Balaban J connectivity index is 1.78. The molecule has 0 aliphatic heterocycles. The fraction of sp³-hybridized carbons (Fsp3) is 0.0952. The predicted octanol–water partition coefficient (Wildman–Crippen LogP) is 5.86. The van der Waals surface area contributed by atoms with Gasteiger partial charge in [-0.05, 0) is 48.4 Å². The highest BCUT2D eigenvalue weighted by molar-refractivity contribution is 6.30. The highest BCUT2D eigenvalue weighted by Crippen LogP contribution is 2.27. The molecule has 0 aromatic heterocycles. The van der Waals surface area contributed by atoms with Gasteiger partial charge in [0, 0.05) is 10.6 Å². The van der Waals surface area contributed by atoms with Gasteiger partial charge < -0.3 is 4.74 Å². The third-order valence-corrected chi connectivity index (χ3v) is 4.22. The van der Waals surface area contributed by atoms with Gasteiger partial charge in [-0.2, -0.15) is 0 Å². The second-order valence-electron chi connectivity index (χ2n) is 5.70. The van der Waals surface area contributed by atoms with Gasteiger partial charge in [0.2, 0.25) is 0 Å². The number of hydrogen-bond acceptors (Lipinski definition) is 2. The van der Waals surface area contributed by atoms with E-state index in [9.17, 15) is 9.18 Å². The van der Waals surface area contributed by atoms with E-state index in [-0.39, 0.29) is 5.82 Å². The van der Waals surface area contributed by atoms with Crippen LogP contribution in [0.1, 0.15) is 18.4 Å². The topological polar surface area (TPSA) is 26.3 Å². The van der Waals surface area contributed by atoms with Gasteiger partial charge in [-0.15, -0.1) is 0 Å². The average Bonchev–Trinajstić information content (AvgIpc) is 2.63. The van der Waals surface area contributed by atoms with Crippen LogP contribution >= 0.6 is 11.6 Å². The van der Waals surface area contributed by atoms with Crippen LogP contribution in [-0.2, 0) is 4.79 Å². The zero-order valence-corrected chi connectivity index (χ0v) is 14.3. The first-order valence-electron chi connectivity index (χ1n) is 7.87. The Morgan fingerprint density at radius 1 is 1.00 bits per heavy atom. The molecule has 3 aromatic rings. The SMILES string of the molecule is C[C@@H](C(=O)Oc1ccc(Cl)cc1)c1ccc(-c2ccccc2)c(F)c1. The normalized spacial score (nSPS) is 11.8. The molecule has 4 heteroatoms. The van der Waals surface area contributed by atoms with Crippen LogP contribution in [0, 0.1) is 5.82 Å². The minimum atomic E-state index is -0.588. The van der Waals surface area contributed by atoms with E-state index in [1.165, 1.54) is 6.07 Å². The van der Waals surface area contributed by atoms with Crippen LogP contribution in [0.15, 0.2) is 72.8 Å². The van der Waals surface area contributed by atoms with E-state index in [2.05, 4.69) is 0 Å². The summed E-state index contributed by atoms with van der Waals surface area (Å²) in [6, 6.07) is 20.6. The lowest BCUT2D eigenvalue weighted by Gasteiger charge is -2.13. The summed E-state index contributed by atoms with van der Waals surface area (Å²) in [6.45, 7) is 1.69. The molecule has 0 aliphatic rings. The summed E-state index contributed by atoms with van der Waals surface area (Å²) >= 11 is 5.81. The van der Waals surface area contributed by atoms with E-state index >= 15 is 0 Å². The van der Waals surface area contributed by atoms with Crippen LogP contribution in [0.5, 0.6) is 5.75 Å². The fourth-order valence-electron chi connectivity index (χ4n) is 2.50. The number of halogens is 2. The molecule has 0 saturated carbocycles. The molecule has 3 aromatic carbocycles. The molecule has 0 heterocycles. The van der Waals surface area contributed by atoms with Crippen molar-refractivity contribution in [3.05, 3.63) is 89.2 Å². The summed E-state index contributed by atoms with van der Waals surface area (Å²) in [7, 11) is 0. The summed E-state index contributed by atoms with van der Waals surface area (Å²) in [6.07, 6.45) is 0. The summed E-state index contributed by atoms with van der Waals surface area (Å²) in [4.78, 5) is 12.3. The smallest absolute Gasteiger partial charge is 0.318 e. The minimum Gasteiger partial charge on any atom is -0.426 e. The van der Waals surface area contributed by atoms with E-state index in [1.54, 1.807) is 43.3 Å². The fourth-order valence-corrected chi connectivity index (χ4v) is 2.62. The van der Waals surface area contributed by atoms with Crippen LogP contribution in [0.3, 0.4) is 0 Å². The molecule has 0 fully saturated rings. The number of rotatable bonds is 4. The van der Waals surface area contributed by atoms with Crippen LogP contribution in [0.2, 0.25) is 5.02 Å². The van der Waals surface area contributed by atoms with Crippen molar-refractivity contribution >= 4 is 17.6 Å². The van der Waals surface area contributed by atoms with Crippen LogP contribution < -0.4 is 4.74 Å². The quantitative estimate of drug-likeness (QED) is 0.433. The lowest BCUT2D eigenvalue weighted by molar-refractivity contribution is -0.135. The van der Waals surface area contributed by atoms with Crippen LogP contribution in [-0.4, -0.2) is 5.97 Å². The third-order valence-electron chi connectivity index (χ3n) is 3.96. The zero-order chi connectivity index (χ0) is 17.8. The maximum absolute atomic E-state index is 14.5. The molecule has 2 nitrogen and oxygen atoms in total. The second-order valence-corrected chi connectivity index (χ2v) is 6.14. The highest BCUT2D eigenvalue weighted by Gasteiger charge is 2.19. The van der Waals surface area contributed by atoms with Crippen molar-refractivity contribution in [3.8, 4) is 16.9 Å². The molecule has 0 aliphatic carbocycles. The Kier molecular flexibility index (Phi) is 5.15. The molecule has 0 radical (unpaired) electrons. The molecule has 0 bridgehead atoms. The van der Waals surface area contributed by atoms with Gasteiger partial charge in [-0.25, -0.2) is 4.39 Å². The molecule has 1 atom stereocenters. The zero-order valence-electron chi connectivity index (χ0n) is 13.6. The van der Waals surface area contributed by atoms with Gasteiger partial charge in [-0.3, -0.25) is 4.79 Å². The van der Waals surface area contributed by atoms with Crippen molar-refractivity contribution in [1.29, 1.82) is 0 Å². The lowest BCUT2D eigenvalue weighted by Crippen LogP contribution is -2.16. The van der Waals surface area contributed by atoms with E-state index in [1.807, 2.05) is 30.3 Å². The Hall–Kier alpha value is -2.65. The van der Waals surface area contributed by atoms with E-state index in [0.717, 1.165) is 5.56 Å². The number of benzene rings is 3. The Labute approximate surface area is 150 Å². The van der Waals surface area contributed by atoms with Crippen LogP contribution in [0.4, 0.5) is 4.39 Å². The molecule has 126 valence electrons. The number of carbonyl (C=O) groups excluding carboxylic acids is 1. The monoisotopic (exact) mass is 354 g/mol. The van der Waals surface area contributed by atoms with Gasteiger partial charge in [0.05, 0.1) is 5.92 Å². The number of hydrogen-bond donors (Lipinski definition) is 0. The van der Waals surface area contributed by atoms with Gasteiger partial charge in [0.15, 0.2) is 0 Å². The average molecular weight is 355 g/mol. The first kappa shape index (κ1) is 17.2. The highest BCUT2D eigenvalue weighted by atomic mass is 35.5. The van der Waals surface area contributed by atoms with Crippen LogP contribution in [0.25, 0.3) is 11.1 Å². The molecule has 0 spiro atoms. The van der Waals surface area contributed by atoms with Crippen molar-refractivity contribution in [2.75, 3.05) is 0 Å². The van der Waals surface area contributed by atoms with E-state index < -0.39 is 11.9 Å². The molecule has 0 N–H and O–H groups in total. The molecular weight excluding hydrogens is 339 g/mol. The van der Waals surface area contributed by atoms with Crippen molar-refractivity contribution in [1.82, 2.24) is 0 Å². The number of carbonyl (C=O) groups is 1. The minimum absolute atomic E-state index is 0.366. The summed E-state index contributed by atoms with van der Waals surface area (Å²) in [5.74, 6) is -0.998. The Bertz CT molecular complexity index is 876. The van der Waals surface area contributed by atoms with Crippen molar-refractivity contribution in [3.63, 3.8) is 0 Å². The first-order chi connectivity index (χ1) is 12.0. The summed E-state index contributed by atoms with van der Waals surface area (Å²) < 4.78 is 19.8. The van der Waals surface area contributed by atoms with Gasteiger partial charge in [0.25, 0.3) is 0 Å². The van der Waals surface area contributed by atoms with E-state index in [0.29, 0.717) is 21.9 Å². The molecular formula is C21H16ClFO2. The largest absolute Gasteiger partial charge is 0.426 e. The molecule has 0 amide bonds. The number of ether oxygens (including phenoxy) is 1. The molecule has 25 heavy (non-hydrogen) atoms. The predicted molar refractivity (Wildman–Crippen MR) is 97.3 cm³/mol. The first-order valence-corrected chi connectivity index (χ1v) is 8.24. The standard InChI is InChI=1S/C21H16ClFO2/c1-14(21(24)25-18-10-8-17(22)9-11-18)16-7-12-19(20(23)13-16)15-5-3-2-4-6-15/h2-14H,1H3/t14-/m1/s1. The number of esters is 1. The molecule has 3 rings (SSSR count). The van der Waals surface area contributed by atoms with Crippen molar-refractivity contribution < 1.29 is 13.9 Å². The second kappa shape index (κ2) is 7.49. The maximum Gasteiger partial charge on any atom is 0.318 e. The van der Waals surface area contributed by atoms with Gasteiger partial charge >= 0.3 is 5.97 Å². The lowest BCUT2D eigenvalue weighted by atomic mass is 9.97.